The molecular formula is C15H11FN2O. The molecule has 0 N–H and O–H groups in total. The van der Waals surface area contributed by atoms with Gasteiger partial charge in [-0.3, -0.25) is 9.78 Å². The molecule has 0 saturated heterocycles. The van der Waals surface area contributed by atoms with E-state index in [4.69, 9.17) is 5.26 Å². The monoisotopic (exact) mass is 254 g/mol. The van der Waals surface area contributed by atoms with Crippen molar-refractivity contribution in [3.63, 3.8) is 0 Å². The SMILES string of the molecule is Cc1cc(F)cc(C(=O)C(C#N)c2cccnc2)c1. The molecule has 0 fully saturated rings. The molecule has 4 heteroatoms. The zero-order valence-corrected chi connectivity index (χ0v) is 10.3. The Labute approximate surface area is 110 Å². The zero-order valence-electron chi connectivity index (χ0n) is 10.3. The summed E-state index contributed by atoms with van der Waals surface area (Å²) in [5.74, 6) is -1.86. The maximum atomic E-state index is 13.3. The number of aromatic nitrogens is 1. The van der Waals surface area contributed by atoms with E-state index in [1.807, 2.05) is 6.07 Å². The lowest BCUT2D eigenvalue weighted by Crippen LogP contribution is -2.12. The van der Waals surface area contributed by atoms with Crippen LogP contribution in [0.5, 0.6) is 0 Å². The Bertz CT molecular complexity index is 627. The smallest absolute Gasteiger partial charge is 0.184 e. The minimum Gasteiger partial charge on any atom is -0.292 e. The summed E-state index contributed by atoms with van der Waals surface area (Å²) in [6.07, 6.45) is 3.03. The van der Waals surface area contributed by atoms with Crippen LogP contribution in [0.4, 0.5) is 4.39 Å². The first-order valence-electron chi connectivity index (χ1n) is 5.73. The maximum Gasteiger partial charge on any atom is 0.184 e. The number of benzene rings is 1. The number of nitriles is 1. The summed E-state index contributed by atoms with van der Waals surface area (Å²) >= 11 is 0. The first-order chi connectivity index (χ1) is 9.11. The Kier molecular flexibility index (Phi) is 3.67. The van der Waals surface area contributed by atoms with Gasteiger partial charge in [0.25, 0.3) is 0 Å². The second kappa shape index (κ2) is 5.40. The van der Waals surface area contributed by atoms with Gasteiger partial charge >= 0.3 is 0 Å². The Balaban J connectivity index is 2.40. The first-order valence-corrected chi connectivity index (χ1v) is 5.73. The van der Waals surface area contributed by atoms with Crippen molar-refractivity contribution in [3.05, 3.63) is 65.2 Å². The number of aryl methyl sites for hydroxylation is 1. The van der Waals surface area contributed by atoms with Crippen molar-refractivity contribution in [1.82, 2.24) is 4.98 Å². The summed E-state index contributed by atoms with van der Waals surface area (Å²) in [5.41, 5.74) is 1.36. The number of nitrogens with zero attached hydrogens (tertiary/aromatic N) is 2. The Morgan fingerprint density at radius 2 is 2.21 bits per heavy atom. The lowest BCUT2D eigenvalue weighted by molar-refractivity contribution is 0.0978. The van der Waals surface area contributed by atoms with E-state index in [9.17, 15) is 9.18 Å². The number of rotatable bonds is 3. The predicted octanol–water partition coefficient (Wildman–Crippen LogP) is 3.02. The molecule has 1 unspecified atom stereocenters. The maximum absolute atomic E-state index is 13.3. The Hall–Kier alpha value is -2.54. The fourth-order valence-electron chi connectivity index (χ4n) is 1.88. The van der Waals surface area contributed by atoms with Gasteiger partial charge in [0, 0.05) is 18.0 Å². The molecule has 0 aliphatic carbocycles. The molecule has 94 valence electrons. The molecule has 1 aromatic carbocycles. The van der Waals surface area contributed by atoms with Gasteiger partial charge in [0.1, 0.15) is 11.7 Å². The molecule has 0 aliphatic heterocycles. The Morgan fingerprint density at radius 3 is 2.79 bits per heavy atom. The van der Waals surface area contributed by atoms with Crippen molar-refractivity contribution in [3.8, 4) is 6.07 Å². The van der Waals surface area contributed by atoms with E-state index in [1.54, 1.807) is 31.3 Å². The van der Waals surface area contributed by atoms with Crippen LogP contribution in [0.25, 0.3) is 0 Å². The third kappa shape index (κ3) is 2.83. The lowest BCUT2D eigenvalue weighted by atomic mass is 9.92. The number of carbonyl (C=O) groups is 1. The molecule has 1 aromatic heterocycles. The summed E-state index contributed by atoms with van der Waals surface area (Å²) in [6.45, 7) is 1.70. The number of halogens is 1. The molecule has 0 bridgehead atoms. The zero-order chi connectivity index (χ0) is 13.8. The second-order valence-electron chi connectivity index (χ2n) is 4.23. The van der Waals surface area contributed by atoms with Crippen LogP contribution in [0.1, 0.15) is 27.4 Å². The number of hydrogen-bond donors (Lipinski definition) is 0. The van der Waals surface area contributed by atoms with Crippen LogP contribution in [0.15, 0.2) is 42.7 Å². The van der Waals surface area contributed by atoms with Gasteiger partial charge in [0.05, 0.1) is 6.07 Å². The van der Waals surface area contributed by atoms with Crippen LogP contribution in [0, 0.1) is 24.1 Å². The predicted molar refractivity (Wildman–Crippen MR) is 68.1 cm³/mol. The average molecular weight is 254 g/mol. The van der Waals surface area contributed by atoms with Gasteiger partial charge in [0.2, 0.25) is 0 Å². The molecule has 0 radical (unpaired) electrons. The fraction of sp³-hybridized carbons (Fsp3) is 0.133. The van der Waals surface area contributed by atoms with Crippen LogP contribution in [-0.4, -0.2) is 10.8 Å². The summed E-state index contributed by atoms with van der Waals surface area (Å²) in [6, 6.07) is 9.32. The molecule has 0 saturated carbocycles. The molecule has 3 nitrogen and oxygen atoms in total. The average Bonchev–Trinajstić information content (AvgIpc) is 2.39. The second-order valence-corrected chi connectivity index (χ2v) is 4.23. The topological polar surface area (TPSA) is 53.8 Å². The van der Waals surface area contributed by atoms with Crippen molar-refractivity contribution in [1.29, 1.82) is 5.26 Å². The normalized spacial score (nSPS) is 11.6. The number of Topliss-reactive ketones (excluding diaryl/α,β-unsaturated/α-hetero) is 1. The molecule has 0 spiro atoms. The minimum atomic E-state index is -0.963. The van der Waals surface area contributed by atoms with E-state index in [1.165, 1.54) is 12.3 Å². The van der Waals surface area contributed by atoms with Gasteiger partial charge < -0.3 is 0 Å². The number of pyridine rings is 1. The van der Waals surface area contributed by atoms with Gasteiger partial charge in [-0.05, 0) is 42.3 Å². The van der Waals surface area contributed by atoms with Crippen LogP contribution in [-0.2, 0) is 0 Å². The van der Waals surface area contributed by atoms with Crippen molar-refractivity contribution >= 4 is 5.78 Å². The van der Waals surface area contributed by atoms with Crippen LogP contribution >= 0.6 is 0 Å². The highest BCUT2D eigenvalue weighted by molar-refractivity contribution is 6.02. The van der Waals surface area contributed by atoms with Crippen molar-refractivity contribution in [2.45, 2.75) is 12.8 Å². The number of ketones is 1. The summed E-state index contributed by atoms with van der Waals surface area (Å²) < 4.78 is 13.3. The van der Waals surface area contributed by atoms with E-state index < -0.39 is 17.5 Å². The van der Waals surface area contributed by atoms with Crippen molar-refractivity contribution in [2.75, 3.05) is 0 Å². The van der Waals surface area contributed by atoms with Crippen molar-refractivity contribution in [2.24, 2.45) is 0 Å². The third-order valence-corrected chi connectivity index (χ3v) is 2.74. The van der Waals surface area contributed by atoms with Gasteiger partial charge in [0.15, 0.2) is 5.78 Å². The highest BCUT2D eigenvalue weighted by atomic mass is 19.1. The lowest BCUT2D eigenvalue weighted by Gasteiger charge is -2.08. The van der Waals surface area contributed by atoms with Gasteiger partial charge in [-0.1, -0.05) is 6.07 Å². The quantitative estimate of drug-likeness (QED) is 0.791. The van der Waals surface area contributed by atoms with E-state index >= 15 is 0 Å². The summed E-state index contributed by atoms with van der Waals surface area (Å²) in [5, 5.41) is 9.16. The summed E-state index contributed by atoms with van der Waals surface area (Å²) in [7, 11) is 0. The summed E-state index contributed by atoms with van der Waals surface area (Å²) in [4.78, 5) is 16.2. The molecule has 2 aromatic rings. The van der Waals surface area contributed by atoms with Gasteiger partial charge in [-0.15, -0.1) is 0 Å². The minimum absolute atomic E-state index is 0.202. The number of carbonyl (C=O) groups excluding carboxylic acids is 1. The number of hydrogen-bond acceptors (Lipinski definition) is 3. The third-order valence-electron chi connectivity index (χ3n) is 2.74. The standard InChI is InChI=1S/C15H11FN2O/c1-10-5-12(7-13(16)6-10)15(19)14(8-17)11-3-2-4-18-9-11/h2-7,9,14H,1H3. The molecular weight excluding hydrogens is 243 g/mol. The van der Waals surface area contributed by atoms with Crippen LogP contribution in [0.3, 0.4) is 0 Å². The molecule has 0 aliphatic rings. The molecule has 1 heterocycles. The van der Waals surface area contributed by atoms with E-state index in [2.05, 4.69) is 4.98 Å². The van der Waals surface area contributed by atoms with E-state index in [-0.39, 0.29) is 5.56 Å². The highest BCUT2D eigenvalue weighted by Crippen LogP contribution is 2.21. The molecule has 2 rings (SSSR count). The Morgan fingerprint density at radius 1 is 1.42 bits per heavy atom. The van der Waals surface area contributed by atoms with Gasteiger partial charge in [-0.2, -0.15) is 5.26 Å². The largest absolute Gasteiger partial charge is 0.292 e. The molecule has 0 amide bonds. The molecule has 1 atom stereocenters. The fourth-order valence-corrected chi connectivity index (χ4v) is 1.88. The van der Waals surface area contributed by atoms with E-state index in [0.717, 1.165) is 6.07 Å². The van der Waals surface area contributed by atoms with Crippen LogP contribution in [0.2, 0.25) is 0 Å². The highest BCUT2D eigenvalue weighted by Gasteiger charge is 2.22. The van der Waals surface area contributed by atoms with Crippen LogP contribution < -0.4 is 0 Å². The first kappa shape index (κ1) is 12.9. The van der Waals surface area contributed by atoms with Crippen molar-refractivity contribution < 1.29 is 9.18 Å². The van der Waals surface area contributed by atoms with E-state index in [0.29, 0.717) is 11.1 Å². The van der Waals surface area contributed by atoms with Gasteiger partial charge in [-0.25, -0.2) is 4.39 Å². The molecule has 19 heavy (non-hydrogen) atoms.